The van der Waals surface area contributed by atoms with Crippen molar-refractivity contribution in [3.05, 3.63) is 0 Å². The minimum Gasteiger partial charge on any atom is -0.487 e. The van der Waals surface area contributed by atoms with E-state index in [9.17, 15) is 0 Å². The number of hydrogen-bond donors (Lipinski definition) is 0. The molecular formula is C14H31NOSSi2. The summed E-state index contributed by atoms with van der Waals surface area (Å²) in [7, 11) is -2.52. The molecule has 1 aliphatic carbocycles. The first kappa shape index (κ1) is 17.3. The molecule has 0 radical (unpaired) electrons. The van der Waals surface area contributed by atoms with Gasteiger partial charge in [-0.15, -0.1) is 0 Å². The molecular weight excluding hydrogens is 286 g/mol. The SMILES string of the molecule is CCOC(=S)C1CCC(N([Si](C)(C)C)[Si](C)(C)C)C1. The summed E-state index contributed by atoms with van der Waals surface area (Å²) in [6.07, 6.45) is 3.73. The lowest BCUT2D eigenvalue weighted by Crippen LogP contribution is -2.62. The van der Waals surface area contributed by atoms with Gasteiger partial charge in [0.05, 0.1) is 6.61 Å². The first-order valence-electron chi connectivity index (χ1n) is 7.53. The van der Waals surface area contributed by atoms with Crippen LogP contribution in [0.4, 0.5) is 0 Å². The third-order valence-electron chi connectivity index (χ3n) is 3.84. The standard InChI is InChI=1S/C14H31NOSSi2/c1-8-16-14(17)12-9-10-13(11-12)15(18(2,3)4)19(5,6)7/h12-13H,8-11H2,1-7H3. The molecule has 0 heterocycles. The molecule has 0 bridgehead atoms. The molecule has 0 saturated heterocycles. The van der Waals surface area contributed by atoms with Crippen molar-refractivity contribution >= 4 is 33.7 Å². The Morgan fingerprint density at radius 1 is 1.11 bits per heavy atom. The second kappa shape index (κ2) is 6.37. The molecule has 1 saturated carbocycles. The largest absolute Gasteiger partial charge is 0.487 e. The summed E-state index contributed by atoms with van der Waals surface area (Å²) >= 11 is 5.42. The van der Waals surface area contributed by atoms with Crippen molar-refractivity contribution in [2.24, 2.45) is 5.92 Å². The van der Waals surface area contributed by atoms with Crippen molar-refractivity contribution in [3.63, 3.8) is 0 Å². The van der Waals surface area contributed by atoms with Crippen molar-refractivity contribution in [3.8, 4) is 0 Å². The maximum Gasteiger partial charge on any atom is 0.162 e. The van der Waals surface area contributed by atoms with E-state index < -0.39 is 16.5 Å². The lowest BCUT2D eigenvalue weighted by Gasteiger charge is -2.48. The Morgan fingerprint density at radius 2 is 1.63 bits per heavy atom. The topological polar surface area (TPSA) is 12.5 Å². The summed E-state index contributed by atoms with van der Waals surface area (Å²) in [6, 6.07) is 0.738. The van der Waals surface area contributed by atoms with Crippen molar-refractivity contribution in [2.45, 2.75) is 71.5 Å². The normalized spacial score (nSPS) is 24.8. The molecule has 2 atom stereocenters. The van der Waals surface area contributed by atoms with Gasteiger partial charge in [0.2, 0.25) is 0 Å². The highest BCUT2D eigenvalue weighted by atomic mass is 32.1. The smallest absolute Gasteiger partial charge is 0.162 e. The lowest BCUT2D eigenvalue weighted by molar-refractivity contribution is 0.308. The van der Waals surface area contributed by atoms with Gasteiger partial charge in [-0.3, -0.25) is 0 Å². The predicted molar refractivity (Wildman–Crippen MR) is 93.9 cm³/mol. The van der Waals surface area contributed by atoms with Crippen LogP contribution in [0.1, 0.15) is 26.2 Å². The van der Waals surface area contributed by atoms with E-state index in [0.717, 1.165) is 11.1 Å². The Hall–Kier alpha value is 0.284. The minimum absolute atomic E-state index is 0.509. The molecule has 0 amide bonds. The molecule has 0 aliphatic heterocycles. The Morgan fingerprint density at radius 3 is 2.05 bits per heavy atom. The average Bonchev–Trinajstić information content (AvgIpc) is 2.62. The van der Waals surface area contributed by atoms with E-state index in [1.54, 1.807) is 0 Å². The van der Waals surface area contributed by atoms with Gasteiger partial charge < -0.3 is 8.97 Å². The van der Waals surface area contributed by atoms with Crippen LogP contribution in [0.2, 0.25) is 39.3 Å². The van der Waals surface area contributed by atoms with Gasteiger partial charge in [-0.05, 0) is 44.4 Å². The molecule has 0 aromatic heterocycles. The maximum atomic E-state index is 5.56. The van der Waals surface area contributed by atoms with E-state index in [1.165, 1.54) is 19.3 Å². The number of nitrogens with zero attached hydrogens (tertiary/aromatic N) is 1. The van der Waals surface area contributed by atoms with Crippen LogP contribution in [0.5, 0.6) is 0 Å². The molecule has 112 valence electrons. The quantitative estimate of drug-likeness (QED) is 0.547. The number of rotatable bonds is 5. The molecule has 1 rings (SSSR count). The molecule has 5 heteroatoms. The zero-order valence-electron chi connectivity index (χ0n) is 13.7. The molecule has 1 fully saturated rings. The van der Waals surface area contributed by atoms with Gasteiger partial charge >= 0.3 is 0 Å². The second-order valence-electron chi connectivity index (χ2n) is 7.63. The van der Waals surface area contributed by atoms with E-state index in [2.05, 4.69) is 43.5 Å². The van der Waals surface area contributed by atoms with Crippen LogP contribution in [0.15, 0.2) is 0 Å². The van der Waals surface area contributed by atoms with E-state index in [1.807, 2.05) is 6.92 Å². The molecule has 2 nitrogen and oxygen atoms in total. The lowest BCUT2D eigenvalue weighted by atomic mass is 10.1. The first-order chi connectivity index (χ1) is 8.57. The summed E-state index contributed by atoms with van der Waals surface area (Å²) < 4.78 is 8.50. The minimum atomic E-state index is -1.26. The van der Waals surface area contributed by atoms with Crippen LogP contribution >= 0.6 is 12.2 Å². The van der Waals surface area contributed by atoms with Gasteiger partial charge in [0.15, 0.2) is 5.05 Å². The van der Waals surface area contributed by atoms with Gasteiger partial charge in [0.1, 0.15) is 16.5 Å². The van der Waals surface area contributed by atoms with Crippen LogP contribution in [0, 0.1) is 5.92 Å². The molecule has 0 N–H and O–H groups in total. The number of hydrogen-bond acceptors (Lipinski definition) is 3. The summed E-state index contributed by atoms with van der Waals surface area (Å²) in [6.45, 7) is 17.7. The summed E-state index contributed by atoms with van der Waals surface area (Å²) in [4.78, 5) is 0. The van der Waals surface area contributed by atoms with Crippen molar-refractivity contribution < 1.29 is 4.74 Å². The third kappa shape index (κ3) is 4.65. The summed E-state index contributed by atoms with van der Waals surface area (Å²) in [5, 5.41) is 0.858. The maximum absolute atomic E-state index is 5.56. The monoisotopic (exact) mass is 317 g/mol. The zero-order valence-corrected chi connectivity index (χ0v) is 16.6. The Bertz CT molecular complexity index is 308. The Labute approximate surface area is 127 Å². The van der Waals surface area contributed by atoms with Crippen molar-refractivity contribution in [1.29, 1.82) is 0 Å². The summed E-state index contributed by atoms with van der Waals surface area (Å²) in [5.74, 6) is 0.509. The van der Waals surface area contributed by atoms with E-state index in [4.69, 9.17) is 17.0 Å². The van der Waals surface area contributed by atoms with Crippen molar-refractivity contribution in [2.75, 3.05) is 6.61 Å². The van der Waals surface area contributed by atoms with Gasteiger partial charge in [0, 0.05) is 5.92 Å². The molecule has 0 aromatic carbocycles. The van der Waals surface area contributed by atoms with E-state index >= 15 is 0 Å². The first-order valence-corrected chi connectivity index (χ1v) is 14.8. The van der Waals surface area contributed by atoms with Crippen LogP contribution in [-0.2, 0) is 4.74 Å². The van der Waals surface area contributed by atoms with Gasteiger partial charge in [-0.25, -0.2) is 0 Å². The van der Waals surface area contributed by atoms with Crippen LogP contribution < -0.4 is 0 Å². The Kier molecular flexibility index (Phi) is 5.81. The molecule has 1 aliphatic rings. The number of thiocarbonyl (C=S) groups is 1. The zero-order chi connectivity index (χ0) is 14.8. The van der Waals surface area contributed by atoms with E-state index in [0.29, 0.717) is 12.5 Å². The predicted octanol–water partition coefficient (Wildman–Crippen LogP) is 4.49. The Balaban J connectivity index is 2.78. The fraction of sp³-hybridized carbons (Fsp3) is 0.929. The average molecular weight is 318 g/mol. The third-order valence-corrected chi connectivity index (χ3v) is 11.9. The van der Waals surface area contributed by atoms with Crippen LogP contribution in [0.3, 0.4) is 0 Å². The highest BCUT2D eigenvalue weighted by Crippen LogP contribution is 2.36. The highest BCUT2D eigenvalue weighted by molar-refractivity contribution is 7.80. The van der Waals surface area contributed by atoms with E-state index in [-0.39, 0.29) is 0 Å². The second-order valence-corrected chi connectivity index (χ2v) is 18.1. The molecule has 2 unspecified atom stereocenters. The highest BCUT2D eigenvalue weighted by Gasteiger charge is 2.42. The van der Waals surface area contributed by atoms with Gasteiger partial charge in [0.25, 0.3) is 0 Å². The van der Waals surface area contributed by atoms with Gasteiger partial charge in [-0.1, -0.05) is 39.3 Å². The summed E-state index contributed by atoms with van der Waals surface area (Å²) in [5.41, 5.74) is 0. The fourth-order valence-corrected chi connectivity index (χ4v) is 14.8. The molecule has 0 spiro atoms. The molecule has 0 aromatic rings. The van der Waals surface area contributed by atoms with Gasteiger partial charge in [-0.2, -0.15) is 0 Å². The van der Waals surface area contributed by atoms with Crippen LogP contribution in [0.25, 0.3) is 0 Å². The van der Waals surface area contributed by atoms with Crippen LogP contribution in [-0.4, -0.2) is 38.4 Å². The molecule has 19 heavy (non-hydrogen) atoms. The number of ether oxygens (including phenoxy) is 1. The fourth-order valence-electron chi connectivity index (χ4n) is 3.77. The van der Waals surface area contributed by atoms with Crippen molar-refractivity contribution in [1.82, 2.24) is 4.23 Å².